The molecular formula is C30H41ClN4O6. The summed E-state index contributed by atoms with van der Waals surface area (Å²) < 4.78 is 5.35. The molecule has 4 amide bonds. The largest absolute Gasteiger partial charge is 0.507 e. The Bertz CT molecular complexity index is 1260. The average molecular weight is 589 g/mol. The monoisotopic (exact) mass is 588 g/mol. The number of phenols is 1. The third-order valence-corrected chi connectivity index (χ3v) is 6.86. The van der Waals surface area contributed by atoms with E-state index in [0.717, 1.165) is 0 Å². The summed E-state index contributed by atoms with van der Waals surface area (Å²) in [5, 5.41) is 16.8. The van der Waals surface area contributed by atoms with Crippen molar-refractivity contribution in [1.29, 1.82) is 0 Å². The maximum atomic E-state index is 14.3. The third kappa shape index (κ3) is 9.11. The predicted octanol–water partition coefficient (Wildman–Crippen LogP) is 5.13. The van der Waals surface area contributed by atoms with E-state index >= 15 is 0 Å². The number of halogens is 1. The molecule has 2 aromatic carbocycles. The first kappa shape index (κ1) is 33.4. The van der Waals surface area contributed by atoms with Crippen LogP contribution in [0.15, 0.2) is 36.4 Å². The molecule has 2 rings (SSSR count). The van der Waals surface area contributed by atoms with Gasteiger partial charge in [-0.25, -0.2) is 4.79 Å². The minimum atomic E-state index is -1.33. The van der Waals surface area contributed by atoms with E-state index in [1.54, 1.807) is 77.9 Å². The van der Waals surface area contributed by atoms with Crippen molar-refractivity contribution >= 4 is 41.1 Å². The van der Waals surface area contributed by atoms with E-state index in [-0.39, 0.29) is 24.2 Å². The standard InChI is InChI=1S/C30H41ClN4O6/c1-8-19(4)35(28(39)22(15-16-23(32)36)33-29(40)41-30(5,6)7)25(20-13-9-12-18(3)26(20)37)27(38)34-24-17(2)11-10-14-21(24)31/h9-14,19,22,25,37H,8,15-16H2,1-7H3,(H2,32,36)(H,33,40)(H,34,38). The highest BCUT2D eigenvalue weighted by Crippen LogP contribution is 2.36. The number of carbonyl (C=O) groups excluding carboxylic acids is 4. The van der Waals surface area contributed by atoms with Crippen LogP contribution in [0, 0.1) is 13.8 Å². The average Bonchev–Trinajstić information content (AvgIpc) is 2.87. The van der Waals surface area contributed by atoms with E-state index in [0.29, 0.717) is 28.3 Å². The van der Waals surface area contributed by atoms with Gasteiger partial charge in [-0.1, -0.05) is 48.9 Å². The number of phenolic OH excluding ortho intramolecular Hbond substituents is 1. The van der Waals surface area contributed by atoms with Gasteiger partial charge in [-0.05, 0) is 71.6 Å². The summed E-state index contributed by atoms with van der Waals surface area (Å²) in [5.74, 6) is -2.09. The van der Waals surface area contributed by atoms with Gasteiger partial charge in [0, 0.05) is 18.0 Å². The molecule has 3 unspecified atom stereocenters. The number of ether oxygens (including phenoxy) is 1. The lowest BCUT2D eigenvalue weighted by Crippen LogP contribution is -2.55. The zero-order valence-corrected chi connectivity index (χ0v) is 25.5. The van der Waals surface area contributed by atoms with E-state index in [1.807, 2.05) is 6.92 Å². The minimum Gasteiger partial charge on any atom is -0.507 e. The summed E-state index contributed by atoms with van der Waals surface area (Å²) in [6.45, 7) is 12.1. The molecule has 0 aromatic heterocycles. The van der Waals surface area contributed by atoms with E-state index in [9.17, 15) is 24.3 Å². The first-order valence-corrected chi connectivity index (χ1v) is 13.9. The number of hydrogen-bond donors (Lipinski definition) is 4. The third-order valence-electron chi connectivity index (χ3n) is 6.55. The van der Waals surface area contributed by atoms with Gasteiger partial charge in [0.25, 0.3) is 5.91 Å². The van der Waals surface area contributed by atoms with Crippen molar-refractivity contribution in [3.05, 3.63) is 58.1 Å². The maximum absolute atomic E-state index is 14.3. The molecule has 0 saturated heterocycles. The Kier molecular flexibility index (Phi) is 11.6. The van der Waals surface area contributed by atoms with Gasteiger partial charge in [0.1, 0.15) is 23.4 Å². The van der Waals surface area contributed by atoms with Gasteiger partial charge < -0.3 is 31.1 Å². The van der Waals surface area contributed by atoms with Gasteiger partial charge in [0.2, 0.25) is 11.8 Å². The second kappa shape index (κ2) is 14.2. The number of amides is 4. The van der Waals surface area contributed by atoms with Crippen LogP contribution in [0.3, 0.4) is 0 Å². The van der Waals surface area contributed by atoms with Gasteiger partial charge in [0.05, 0.1) is 10.7 Å². The molecule has 2 aromatic rings. The molecule has 0 saturated carbocycles. The van der Waals surface area contributed by atoms with E-state index in [2.05, 4.69) is 10.6 Å². The van der Waals surface area contributed by atoms with E-state index in [1.165, 1.54) is 4.90 Å². The van der Waals surface area contributed by atoms with Gasteiger partial charge in [-0.15, -0.1) is 0 Å². The van der Waals surface area contributed by atoms with Gasteiger partial charge in [-0.2, -0.15) is 0 Å². The van der Waals surface area contributed by atoms with Crippen LogP contribution in [0.25, 0.3) is 0 Å². The predicted molar refractivity (Wildman–Crippen MR) is 159 cm³/mol. The van der Waals surface area contributed by atoms with Crippen LogP contribution in [0.5, 0.6) is 5.75 Å². The van der Waals surface area contributed by atoms with E-state index in [4.69, 9.17) is 22.1 Å². The summed E-state index contributed by atoms with van der Waals surface area (Å²) in [7, 11) is 0. The highest BCUT2D eigenvalue weighted by atomic mass is 35.5. The number of rotatable bonds is 11. The number of carbonyl (C=O) groups is 4. The first-order valence-electron chi connectivity index (χ1n) is 13.5. The van der Waals surface area contributed by atoms with Crippen LogP contribution in [0.2, 0.25) is 5.02 Å². The summed E-state index contributed by atoms with van der Waals surface area (Å²) in [5.41, 5.74) is 6.28. The Hall–Kier alpha value is -3.79. The fraction of sp³-hybridized carbons (Fsp3) is 0.467. The molecule has 0 aliphatic carbocycles. The summed E-state index contributed by atoms with van der Waals surface area (Å²) in [4.78, 5) is 54.1. The van der Waals surface area contributed by atoms with Crippen LogP contribution in [-0.2, 0) is 19.1 Å². The molecule has 0 bridgehead atoms. The zero-order valence-electron chi connectivity index (χ0n) is 24.7. The van der Waals surface area contributed by atoms with E-state index < -0.39 is 47.5 Å². The highest BCUT2D eigenvalue weighted by Gasteiger charge is 2.40. The number of nitrogens with two attached hydrogens (primary N) is 1. The van der Waals surface area contributed by atoms with Crippen LogP contribution in [0.1, 0.15) is 76.6 Å². The number of aromatic hydroxyl groups is 1. The van der Waals surface area contributed by atoms with Crippen LogP contribution >= 0.6 is 11.6 Å². The van der Waals surface area contributed by atoms with Crippen molar-refractivity contribution in [3.8, 4) is 5.75 Å². The molecule has 11 heteroatoms. The molecule has 0 fully saturated rings. The molecule has 0 heterocycles. The number of alkyl carbamates (subject to hydrolysis) is 1. The lowest BCUT2D eigenvalue weighted by molar-refractivity contribution is -0.143. The first-order chi connectivity index (χ1) is 19.1. The number of nitrogens with one attached hydrogen (secondary N) is 2. The van der Waals surface area contributed by atoms with Gasteiger partial charge >= 0.3 is 6.09 Å². The molecule has 224 valence electrons. The number of hydrogen-bond acceptors (Lipinski definition) is 6. The molecule has 5 N–H and O–H groups in total. The number of anilines is 1. The Morgan fingerprint density at radius 3 is 2.24 bits per heavy atom. The van der Waals surface area contributed by atoms with Gasteiger partial charge in [-0.3, -0.25) is 14.4 Å². The molecular weight excluding hydrogens is 548 g/mol. The normalized spacial score (nSPS) is 13.5. The van der Waals surface area contributed by atoms with Crippen molar-refractivity contribution in [2.75, 3.05) is 5.32 Å². The summed E-state index contributed by atoms with van der Waals surface area (Å²) in [6.07, 6.45) is -0.762. The number of nitrogens with zero attached hydrogens (tertiary/aromatic N) is 1. The fourth-order valence-electron chi connectivity index (χ4n) is 4.27. The quantitative estimate of drug-likeness (QED) is 0.286. The molecule has 3 atom stereocenters. The molecule has 10 nitrogen and oxygen atoms in total. The lowest BCUT2D eigenvalue weighted by Gasteiger charge is -2.38. The molecule has 0 aliphatic rings. The Morgan fingerprint density at radius 1 is 1.07 bits per heavy atom. The number of para-hydroxylation sites is 2. The van der Waals surface area contributed by atoms with Crippen LogP contribution in [0.4, 0.5) is 10.5 Å². The molecule has 0 spiro atoms. The fourth-order valence-corrected chi connectivity index (χ4v) is 4.54. The summed E-state index contributed by atoms with van der Waals surface area (Å²) >= 11 is 6.39. The second-order valence-corrected chi connectivity index (χ2v) is 11.5. The summed E-state index contributed by atoms with van der Waals surface area (Å²) in [6, 6.07) is 6.96. The Balaban J connectivity index is 2.68. The van der Waals surface area contributed by atoms with Crippen molar-refractivity contribution in [2.45, 2.75) is 91.5 Å². The second-order valence-electron chi connectivity index (χ2n) is 11.0. The molecule has 41 heavy (non-hydrogen) atoms. The molecule has 0 radical (unpaired) electrons. The Labute approximate surface area is 246 Å². The SMILES string of the molecule is CCC(C)N(C(=O)C(CCC(N)=O)NC(=O)OC(C)(C)C)C(C(=O)Nc1c(C)cccc1Cl)c1cccc(C)c1O. The van der Waals surface area contributed by atoms with Crippen molar-refractivity contribution in [2.24, 2.45) is 5.73 Å². The van der Waals surface area contributed by atoms with Crippen molar-refractivity contribution < 1.29 is 29.0 Å². The van der Waals surface area contributed by atoms with Crippen LogP contribution < -0.4 is 16.4 Å². The highest BCUT2D eigenvalue weighted by molar-refractivity contribution is 6.34. The lowest BCUT2D eigenvalue weighted by atomic mass is 9.96. The van der Waals surface area contributed by atoms with Gasteiger partial charge in [0.15, 0.2) is 0 Å². The number of aryl methyl sites for hydroxylation is 2. The van der Waals surface area contributed by atoms with Crippen molar-refractivity contribution in [3.63, 3.8) is 0 Å². The molecule has 0 aliphatic heterocycles. The minimum absolute atomic E-state index is 0.127. The van der Waals surface area contributed by atoms with Crippen LogP contribution in [-0.4, -0.2) is 51.5 Å². The zero-order chi connectivity index (χ0) is 31.1. The number of primary amides is 1. The van der Waals surface area contributed by atoms with Crippen molar-refractivity contribution in [1.82, 2.24) is 10.2 Å². The smallest absolute Gasteiger partial charge is 0.408 e. The Morgan fingerprint density at radius 2 is 1.68 bits per heavy atom. The maximum Gasteiger partial charge on any atom is 0.408 e. The topological polar surface area (TPSA) is 151 Å². The number of benzene rings is 2.